The summed E-state index contributed by atoms with van der Waals surface area (Å²) in [6.45, 7) is 2.59. The number of unbranched alkanes of at least 4 members (excludes halogenated alkanes) is 1. The Morgan fingerprint density at radius 3 is 2.59 bits per heavy atom. The lowest BCUT2D eigenvalue weighted by atomic mass is 10.0. The molecule has 0 aliphatic heterocycles. The van der Waals surface area contributed by atoms with E-state index >= 15 is 0 Å². The fourth-order valence-corrected chi connectivity index (χ4v) is 4.94. The predicted molar refractivity (Wildman–Crippen MR) is 127 cm³/mol. The second-order valence-electron chi connectivity index (χ2n) is 8.20. The van der Waals surface area contributed by atoms with E-state index in [-0.39, 0.29) is 24.3 Å². The number of hydrogen-bond donors (Lipinski definition) is 1. The quantitative estimate of drug-likeness (QED) is 0.528. The van der Waals surface area contributed by atoms with Gasteiger partial charge in [-0.05, 0) is 48.9 Å². The smallest absolute Gasteiger partial charge is 0.247 e. The molecule has 1 atom stereocenters. The summed E-state index contributed by atoms with van der Waals surface area (Å²) in [6.07, 6.45) is 6.22. The molecule has 1 fully saturated rings. The molecule has 1 N–H and O–H groups in total. The summed E-state index contributed by atoms with van der Waals surface area (Å²) in [4.78, 5) is 29.9. The summed E-state index contributed by atoms with van der Waals surface area (Å²) in [6, 6.07) is 8.69. The van der Waals surface area contributed by atoms with Gasteiger partial charge in [-0.3, -0.25) is 9.59 Å². The number of ether oxygens (including phenoxy) is 2. The van der Waals surface area contributed by atoms with E-state index in [1.54, 1.807) is 42.6 Å². The van der Waals surface area contributed by atoms with Gasteiger partial charge in [0.2, 0.25) is 11.8 Å². The van der Waals surface area contributed by atoms with Gasteiger partial charge in [0.05, 0.1) is 20.6 Å². The van der Waals surface area contributed by atoms with Crippen LogP contribution in [0.3, 0.4) is 0 Å². The SMILES string of the molecule is CCCCN(C(=O)Cc1cccs1)C(C(=O)NC1CCCC1)c1cc(OC)ccc1OC. The molecule has 3 rings (SSSR count). The molecule has 2 aromatic rings. The van der Waals surface area contributed by atoms with Gasteiger partial charge >= 0.3 is 0 Å². The van der Waals surface area contributed by atoms with Gasteiger partial charge in [-0.2, -0.15) is 0 Å². The van der Waals surface area contributed by atoms with E-state index in [0.29, 0.717) is 23.6 Å². The molecule has 1 heterocycles. The van der Waals surface area contributed by atoms with E-state index in [1.807, 2.05) is 23.6 Å². The summed E-state index contributed by atoms with van der Waals surface area (Å²) >= 11 is 1.56. The molecular weight excluding hydrogens is 424 g/mol. The van der Waals surface area contributed by atoms with Crippen LogP contribution in [0, 0.1) is 0 Å². The van der Waals surface area contributed by atoms with Crippen LogP contribution in [0.1, 0.15) is 61.9 Å². The van der Waals surface area contributed by atoms with E-state index in [1.165, 1.54) is 0 Å². The van der Waals surface area contributed by atoms with Gasteiger partial charge in [0.15, 0.2) is 0 Å². The van der Waals surface area contributed by atoms with Crippen molar-refractivity contribution < 1.29 is 19.1 Å². The van der Waals surface area contributed by atoms with E-state index in [2.05, 4.69) is 12.2 Å². The van der Waals surface area contributed by atoms with Crippen LogP contribution >= 0.6 is 11.3 Å². The number of carbonyl (C=O) groups excluding carboxylic acids is 2. The number of methoxy groups -OCH3 is 2. The lowest BCUT2D eigenvalue weighted by Crippen LogP contribution is -2.47. The van der Waals surface area contributed by atoms with Crippen LogP contribution < -0.4 is 14.8 Å². The van der Waals surface area contributed by atoms with Gasteiger partial charge in [0.25, 0.3) is 0 Å². The van der Waals surface area contributed by atoms with Crippen molar-refractivity contribution in [1.82, 2.24) is 10.2 Å². The Hall–Kier alpha value is -2.54. The molecular formula is C25H34N2O4S. The monoisotopic (exact) mass is 458 g/mol. The first kappa shape index (κ1) is 24.1. The molecule has 1 aliphatic carbocycles. The molecule has 32 heavy (non-hydrogen) atoms. The first-order valence-corrected chi connectivity index (χ1v) is 12.3. The van der Waals surface area contributed by atoms with Gasteiger partial charge in [-0.1, -0.05) is 32.3 Å². The van der Waals surface area contributed by atoms with Crippen molar-refractivity contribution in [1.29, 1.82) is 0 Å². The molecule has 2 amide bonds. The molecule has 0 spiro atoms. The van der Waals surface area contributed by atoms with E-state index in [9.17, 15) is 9.59 Å². The summed E-state index contributed by atoms with van der Waals surface area (Å²) in [5.74, 6) is 0.986. The Balaban J connectivity index is 2.00. The van der Waals surface area contributed by atoms with Gasteiger partial charge in [0, 0.05) is 23.0 Å². The molecule has 1 saturated carbocycles. The van der Waals surface area contributed by atoms with E-state index < -0.39 is 6.04 Å². The molecule has 7 heteroatoms. The highest BCUT2D eigenvalue weighted by Gasteiger charge is 2.35. The summed E-state index contributed by atoms with van der Waals surface area (Å²) in [7, 11) is 3.18. The van der Waals surface area contributed by atoms with Crippen LogP contribution in [0.15, 0.2) is 35.7 Å². The Kier molecular flexibility index (Phi) is 8.97. The molecule has 0 bridgehead atoms. The second kappa shape index (κ2) is 11.9. The average molecular weight is 459 g/mol. The summed E-state index contributed by atoms with van der Waals surface area (Å²) < 4.78 is 11.1. The third kappa shape index (κ3) is 6.03. The number of amides is 2. The van der Waals surface area contributed by atoms with Gasteiger partial charge in [-0.15, -0.1) is 11.3 Å². The van der Waals surface area contributed by atoms with Gasteiger partial charge in [0.1, 0.15) is 17.5 Å². The average Bonchev–Trinajstić information content (AvgIpc) is 3.50. The van der Waals surface area contributed by atoms with Crippen molar-refractivity contribution in [3.63, 3.8) is 0 Å². The van der Waals surface area contributed by atoms with Crippen LogP contribution in [0.2, 0.25) is 0 Å². The topological polar surface area (TPSA) is 67.9 Å². The van der Waals surface area contributed by atoms with Crippen LogP contribution in [0.5, 0.6) is 11.5 Å². The molecule has 0 saturated heterocycles. The first-order chi connectivity index (χ1) is 15.6. The van der Waals surface area contributed by atoms with Crippen molar-refractivity contribution in [3.8, 4) is 11.5 Å². The lowest BCUT2D eigenvalue weighted by molar-refractivity contribution is -0.140. The third-order valence-electron chi connectivity index (χ3n) is 5.97. The standard InChI is InChI=1S/C25H34N2O4S/c1-4-5-14-27(23(28)17-20-11-8-15-32-20)24(25(29)26-18-9-6-7-10-18)21-16-19(30-2)12-13-22(21)31-3/h8,11-13,15-16,18,24H,4-7,9-10,14,17H2,1-3H3,(H,26,29). The van der Waals surface area contributed by atoms with Crippen LogP contribution in [0.25, 0.3) is 0 Å². The maximum absolute atomic E-state index is 13.7. The fraction of sp³-hybridized carbons (Fsp3) is 0.520. The fourth-order valence-electron chi connectivity index (χ4n) is 4.24. The third-order valence-corrected chi connectivity index (χ3v) is 6.85. The van der Waals surface area contributed by atoms with E-state index in [0.717, 1.165) is 43.4 Å². The number of carbonyl (C=O) groups is 2. The summed E-state index contributed by atoms with van der Waals surface area (Å²) in [5.41, 5.74) is 0.651. The first-order valence-electron chi connectivity index (χ1n) is 11.4. The largest absolute Gasteiger partial charge is 0.497 e. The maximum atomic E-state index is 13.7. The van der Waals surface area contributed by atoms with Crippen molar-refractivity contribution in [2.75, 3.05) is 20.8 Å². The van der Waals surface area contributed by atoms with Crippen molar-refractivity contribution in [2.45, 2.75) is 64.0 Å². The molecule has 174 valence electrons. The highest BCUT2D eigenvalue weighted by molar-refractivity contribution is 7.10. The lowest BCUT2D eigenvalue weighted by Gasteiger charge is -2.33. The second-order valence-corrected chi connectivity index (χ2v) is 9.23. The Morgan fingerprint density at radius 2 is 1.97 bits per heavy atom. The summed E-state index contributed by atoms with van der Waals surface area (Å²) in [5, 5.41) is 5.18. The molecule has 1 aliphatic rings. The zero-order valence-electron chi connectivity index (χ0n) is 19.3. The number of nitrogens with one attached hydrogen (secondary N) is 1. The van der Waals surface area contributed by atoms with Crippen LogP contribution in [-0.2, 0) is 16.0 Å². The molecule has 1 aromatic heterocycles. The zero-order valence-corrected chi connectivity index (χ0v) is 20.1. The molecule has 1 aromatic carbocycles. The Bertz CT molecular complexity index is 878. The number of hydrogen-bond acceptors (Lipinski definition) is 5. The predicted octanol–water partition coefficient (Wildman–Crippen LogP) is 4.74. The molecule has 0 radical (unpaired) electrons. The number of nitrogens with zero attached hydrogens (tertiary/aromatic N) is 1. The van der Waals surface area contributed by atoms with Gasteiger partial charge < -0.3 is 19.7 Å². The maximum Gasteiger partial charge on any atom is 0.247 e. The minimum Gasteiger partial charge on any atom is -0.497 e. The Labute approximate surface area is 194 Å². The van der Waals surface area contributed by atoms with Crippen molar-refractivity contribution in [3.05, 3.63) is 46.2 Å². The minimum atomic E-state index is -0.778. The van der Waals surface area contributed by atoms with E-state index in [4.69, 9.17) is 9.47 Å². The highest BCUT2D eigenvalue weighted by atomic mass is 32.1. The normalized spacial score (nSPS) is 14.7. The number of rotatable bonds is 11. The zero-order chi connectivity index (χ0) is 22.9. The highest BCUT2D eigenvalue weighted by Crippen LogP contribution is 2.34. The number of thiophene rings is 1. The Morgan fingerprint density at radius 1 is 1.19 bits per heavy atom. The van der Waals surface area contributed by atoms with Crippen molar-refractivity contribution in [2.24, 2.45) is 0 Å². The molecule has 1 unspecified atom stereocenters. The van der Waals surface area contributed by atoms with Crippen LogP contribution in [0.4, 0.5) is 0 Å². The minimum absolute atomic E-state index is 0.0580. The van der Waals surface area contributed by atoms with Crippen LogP contribution in [-0.4, -0.2) is 43.5 Å². The molecule has 6 nitrogen and oxygen atoms in total. The number of benzene rings is 1. The van der Waals surface area contributed by atoms with Gasteiger partial charge in [-0.25, -0.2) is 0 Å². The van der Waals surface area contributed by atoms with Crippen molar-refractivity contribution >= 4 is 23.2 Å².